The molecule has 27 heavy (non-hydrogen) atoms. The first-order valence-corrected chi connectivity index (χ1v) is 8.76. The maximum Gasteiger partial charge on any atom is 0.339 e. The molecule has 0 atom stereocenters. The number of carboxylic acids is 1. The van der Waals surface area contributed by atoms with Crippen LogP contribution in [-0.2, 0) is 4.79 Å². The smallest absolute Gasteiger partial charge is 0.339 e. The van der Waals surface area contributed by atoms with Crippen LogP contribution in [0.3, 0.4) is 0 Å². The Hall–Kier alpha value is -3.16. The van der Waals surface area contributed by atoms with Gasteiger partial charge >= 0.3 is 5.97 Å². The predicted molar refractivity (Wildman–Crippen MR) is 101 cm³/mol. The van der Waals surface area contributed by atoms with E-state index in [1.54, 1.807) is 19.1 Å². The number of carbonyl (C=O) groups is 2. The topological polar surface area (TPSA) is 85.8 Å². The van der Waals surface area contributed by atoms with Crippen LogP contribution in [0.15, 0.2) is 36.5 Å². The number of rotatable bonds is 5. The molecule has 0 unspecified atom stereocenters. The van der Waals surface area contributed by atoms with Crippen LogP contribution in [-0.4, -0.2) is 48.1 Å². The summed E-state index contributed by atoms with van der Waals surface area (Å²) in [6, 6.07) is 7.75. The third-order valence-corrected chi connectivity index (χ3v) is 4.47. The zero-order valence-corrected chi connectivity index (χ0v) is 15.0. The fourth-order valence-electron chi connectivity index (χ4n) is 3.01. The fraction of sp³-hybridized carbons (Fsp3) is 0.316. The van der Waals surface area contributed by atoms with Crippen molar-refractivity contribution >= 4 is 29.1 Å². The summed E-state index contributed by atoms with van der Waals surface area (Å²) >= 11 is 0. The number of halogens is 1. The Bertz CT molecular complexity index is 833. The summed E-state index contributed by atoms with van der Waals surface area (Å²) in [5, 5.41) is 12.2. The summed E-state index contributed by atoms with van der Waals surface area (Å²) in [7, 11) is 0. The van der Waals surface area contributed by atoms with Crippen LogP contribution in [0.25, 0.3) is 0 Å². The molecule has 8 heteroatoms. The van der Waals surface area contributed by atoms with Crippen LogP contribution in [0.2, 0.25) is 0 Å². The van der Waals surface area contributed by atoms with Crippen LogP contribution in [0.5, 0.6) is 0 Å². The van der Waals surface area contributed by atoms with E-state index in [0.29, 0.717) is 44.1 Å². The van der Waals surface area contributed by atoms with Crippen molar-refractivity contribution in [2.24, 2.45) is 0 Å². The number of aromatic nitrogens is 1. The molecule has 0 aliphatic carbocycles. The van der Waals surface area contributed by atoms with E-state index < -0.39 is 5.97 Å². The highest BCUT2D eigenvalue weighted by molar-refractivity contribution is 5.97. The molecule has 2 heterocycles. The summed E-state index contributed by atoms with van der Waals surface area (Å²) in [6.07, 6.45) is 1.77. The molecule has 7 nitrogen and oxygen atoms in total. The normalized spacial score (nSPS) is 14.1. The van der Waals surface area contributed by atoms with Gasteiger partial charge < -0.3 is 20.2 Å². The number of aromatic carboxylic acids is 1. The second-order valence-corrected chi connectivity index (χ2v) is 6.25. The molecule has 2 aromatic rings. The first kappa shape index (κ1) is 18.6. The molecule has 1 aromatic heterocycles. The highest BCUT2D eigenvalue weighted by Crippen LogP contribution is 2.24. The zero-order valence-electron chi connectivity index (χ0n) is 15.0. The van der Waals surface area contributed by atoms with Crippen LogP contribution >= 0.6 is 0 Å². The molecule has 0 saturated carbocycles. The molecule has 1 saturated heterocycles. The summed E-state index contributed by atoms with van der Waals surface area (Å²) in [4.78, 5) is 31.5. The lowest BCUT2D eigenvalue weighted by Crippen LogP contribution is -2.47. The number of pyridine rings is 1. The molecule has 2 N–H and O–H groups in total. The van der Waals surface area contributed by atoms with Gasteiger partial charge in [0.25, 0.3) is 0 Å². The van der Waals surface area contributed by atoms with Crippen molar-refractivity contribution in [3.8, 4) is 0 Å². The van der Waals surface area contributed by atoms with Gasteiger partial charge in [-0.05, 0) is 30.3 Å². The average Bonchev–Trinajstić information content (AvgIpc) is 2.68. The highest BCUT2D eigenvalue weighted by Gasteiger charge is 2.23. The van der Waals surface area contributed by atoms with E-state index in [1.165, 1.54) is 24.4 Å². The minimum Gasteiger partial charge on any atom is -0.478 e. The number of carboxylic acid groups (broad SMARTS) is 1. The molecule has 1 aliphatic rings. The number of hydrogen-bond donors (Lipinski definition) is 2. The molecule has 0 spiro atoms. The third kappa shape index (κ3) is 4.33. The maximum absolute atomic E-state index is 13.1. The Balaban J connectivity index is 1.74. The van der Waals surface area contributed by atoms with Gasteiger partial charge in [-0.15, -0.1) is 0 Å². The van der Waals surface area contributed by atoms with Gasteiger partial charge in [0.05, 0.1) is 11.9 Å². The lowest BCUT2D eigenvalue weighted by Gasteiger charge is -2.37. The van der Waals surface area contributed by atoms with Crippen LogP contribution in [0.1, 0.15) is 23.7 Å². The Morgan fingerprint density at radius 3 is 2.37 bits per heavy atom. The molecule has 3 rings (SSSR count). The van der Waals surface area contributed by atoms with Crippen LogP contribution in [0.4, 0.5) is 21.6 Å². The second kappa shape index (κ2) is 8.03. The Morgan fingerprint density at radius 2 is 1.78 bits per heavy atom. The first-order chi connectivity index (χ1) is 13.0. The minimum atomic E-state index is -1.09. The summed E-state index contributed by atoms with van der Waals surface area (Å²) in [5.41, 5.74) is 1.35. The lowest BCUT2D eigenvalue weighted by atomic mass is 10.2. The van der Waals surface area contributed by atoms with Gasteiger partial charge in [0.15, 0.2) is 0 Å². The SMILES string of the molecule is CCC(=O)Nc1cnc(N2CCN(c3ccc(F)cc3)CC2)c(C(=O)O)c1. The summed E-state index contributed by atoms with van der Waals surface area (Å²) < 4.78 is 13.1. The van der Waals surface area contributed by atoms with Gasteiger partial charge in [-0.25, -0.2) is 14.2 Å². The standard InChI is InChI=1S/C19H21FN4O3/c1-2-17(25)22-14-11-16(19(26)27)18(21-12-14)24-9-7-23(8-10-24)15-5-3-13(20)4-6-15/h3-6,11-12H,2,7-10H2,1H3,(H,22,25)(H,26,27). The van der Waals surface area contributed by atoms with Gasteiger partial charge in [-0.1, -0.05) is 6.92 Å². The number of anilines is 3. The molecule has 0 radical (unpaired) electrons. The van der Waals surface area contributed by atoms with Crippen molar-refractivity contribution in [1.82, 2.24) is 4.98 Å². The molecule has 1 fully saturated rings. The second-order valence-electron chi connectivity index (χ2n) is 6.25. The zero-order chi connectivity index (χ0) is 19.4. The molecule has 1 aromatic carbocycles. The van der Waals surface area contributed by atoms with Crippen molar-refractivity contribution in [1.29, 1.82) is 0 Å². The molecule has 1 amide bonds. The quantitative estimate of drug-likeness (QED) is 0.839. The predicted octanol–water partition coefficient (Wildman–Crippen LogP) is 2.59. The van der Waals surface area contributed by atoms with E-state index in [0.717, 1.165) is 5.69 Å². The average molecular weight is 372 g/mol. The highest BCUT2D eigenvalue weighted by atomic mass is 19.1. The van der Waals surface area contributed by atoms with E-state index in [4.69, 9.17) is 0 Å². The van der Waals surface area contributed by atoms with Crippen LogP contribution < -0.4 is 15.1 Å². The largest absolute Gasteiger partial charge is 0.478 e. The van der Waals surface area contributed by atoms with Crippen molar-refractivity contribution in [2.45, 2.75) is 13.3 Å². The van der Waals surface area contributed by atoms with E-state index in [2.05, 4.69) is 15.2 Å². The summed E-state index contributed by atoms with van der Waals surface area (Å²) in [6.45, 7) is 4.23. The minimum absolute atomic E-state index is 0.0548. The van der Waals surface area contributed by atoms with E-state index in [1.807, 2.05) is 4.90 Å². The monoisotopic (exact) mass is 372 g/mol. The van der Waals surface area contributed by atoms with Gasteiger partial charge in [0.1, 0.15) is 17.2 Å². The van der Waals surface area contributed by atoms with E-state index in [-0.39, 0.29) is 17.3 Å². The third-order valence-electron chi connectivity index (χ3n) is 4.47. The Kier molecular flexibility index (Phi) is 5.54. The first-order valence-electron chi connectivity index (χ1n) is 8.76. The molecular formula is C19H21FN4O3. The van der Waals surface area contributed by atoms with Crippen molar-refractivity contribution in [3.63, 3.8) is 0 Å². The molecule has 1 aliphatic heterocycles. The number of benzene rings is 1. The number of piperazine rings is 1. The van der Waals surface area contributed by atoms with Crippen LogP contribution in [0, 0.1) is 5.82 Å². The van der Waals surface area contributed by atoms with E-state index in [9.17, 15) is 19.1 Å². The molecule has 0 bridgehead atoms. The van der Waals surface area contributed by atoms with Gasteiger partial charge in [0, 0.05) is 38.3 Å². The number of nitrogens with one attached hydrogen (secondary N) is 1. The Labute approximate surface area is 156 Å². The number of nitrogens with zero attached hydrogens (tertiary/aromatic N) is 3. The number of carbonyl (C=O) groups excluding carboxylic acids is 1. The maximum atomic E-state index is 13.1. The van der Waals surface area contributed by atoms with Crippen molar-refractivity contribution in [3.05, 3.63) is 47.9 Å². The fourth-order valence-corrected chi connectivity index (χ4v) is 3.01. The molecule has 142 valence electrons. The van der Waals surface area contributed by atoms with Gasteiger partial charge in [0.2, 0.25) is 5.91 Å². The van der Waals surface area contributed by atoms with Gasteiger partial charge in [-0.3, -0.25) is 4.79 Å². The lowest BCUT2D eigenvalue weighted by molar-refractivity contribution is -0.115. The molecular weight excluding hydrogens is 351 g/mol. The van der Waals surface area contributed by atoms with Gasteiger partial charge in [-0.2, -0.15) is 0 Å². The van der Waals surface area contributed by atoms with Crippen molar-refractivity contribution < 1.29 is 19.1 Å². The summed E-state index contributed by atoms with van der Waals surface area (Å²) in [5.74, 6) is -1.18. The number of amides is 1. The van der Waals surface area contributed by atoms with E-state index >= 15 is 0 Å². The number of hydrogen-bond acceptors (Lipinski definition) is 5. The Morgan fingerprint density at radius 1 is 1.15 bits per heavy atom. The van der Waals surface area contributed by atoms with Crippen molar-refractivity contribution in [2.75, 3.05) is 41.3 Å².